The third kappa shape index (κ3) is 10.1. The number of ether oxygens (including phenoxy) is 1. The zero-order chi connectivity index (χ0) is 21.5. The normalized spacial score (nSPS) is 12.2. The van der Waals surface area contributed by atoms with E-state index in [1.165, 1.54) is 49.8 Å². The standard InChI is InChI=1S/C22H45NO5/c1-5-7-8-9-10-11-12-13-14-15-16-23(22(17-24,18-25)19-26)20(27)28-21(3,4)6-2/h24-26H,5-19H2,1-4H3. The molecule has 6 heteroatoms. The van der Waals surface area contributed by atoms with Gasteiger partial charge >= 0.3 is 6.09 Å². The van der Waals surface area contributed by atoms with E-state index < -0.39 is 37.1 Å². The maximum absolute atomic E-state index is 12.7. The molecule has 28 heavy (non-hydrogen) atoms. The lowest BCUT2D eigenvalue weighted by atomic mass is 10.00. The van der Waals surface area contributed by atoms with Gasteiger partial charge in [-0.2, -0.15) is 0 Å². The number of hydrogen-bond donors (Lipinski definition) is 3. The van der Waals surface area contributed by atoms with Gasteiger partial charge in [-0.25, -0.2) is 4.79 Å². The summed E-state index contributed by atoms with van der Waals surface area (Å²) in [5.41, 5.74) is -2.04. The first-order valence-corrected chi connectivity index (χ1v) is 11.2. The van der Waals surface area contributed by atoms with Gasteiger partial charge in [0.05, 0.1) is 19.8 Å². The van der Waals surface area contributed by atoms with E-state index in [9.17, 15) is 20.1 Å². The highest BCUT2D eigenvalue weighted by Crippen LogP contribution is 2.22. The summed E-state index contributed by atoms with van der Waals surface area (Å²) in [4.78, 5) is 14.0. The number of carbonyl (C=O) groups excluding carboxylic acids is 1. The molecule has 0 fully saturated rings. The van der Waals surface area contributed by atoms with E-state index in [0.29, 0.717) is 13.0 Å². The lowest BCUT2D eigenvalue weighted by Gasteiger charge is -2.41. The third-order valence-electron chi connectivity index (χ3n) is 5.63. The molecule has 0 unspecified atom stereocenters. The van der Waals surface area contributed by atoms with E-state index in [-0.39, 0.29) is 0 Å². The van der Waals surface area contributed by atoms with E-state index in [1.807, 2.05) is 20.8 Å². The SMILES string of the molecule is CCCCCCCCCCCCN(C(=O)OC(C)(C)CC)C(CO)(CO)CO. The smallest absolute Gasteiger partial charge is 0.411 e. The second-order valence-electron chi connectivity index (χ2n) is 8.51. The maximum Gasteiger partial charge on any atom is 0.411 e. The Morgan fingerprint density at radius 2 is 1.21 bits per heavy atom. The van der Waals surface area contributed by atoms with Crippen LogP contribution in [0, 0.1) is 0 Å². The van der Waals surface area contributed by atoms with Crippen LogP contribution in [0.25, 0.3) is 0 Å². The van der Waals surface area contributed by atoms with E-state index in [0.717, 1.165) is 19.3 Å². The Morgan fingerprint density at radius 3 is 1.61 bits per heavy atom. The molecule has 0 atom stereocenters. The zero-order valence-electron chi connectivity index (χ0n) is 18.7. The van der Waals surface area contributed by atoms with Crippen LogP contribution in [0.15, 0.2) is 0 Å². The summed E-state index contributed by atoms with van der Waals surface area (Å²) < 4.78 is 5.56. The Hall–Kier alpha value is -0.850. The molecule has 0 aromatic rings. The first-order valence-electron chi connectivity index (χ1n) is 11.2. The molecule has 0 aromatic carbocycles. The summed E-state index contributed by atoms with van der Waals surface area (Å²) >= 11 is 0. The molecule has 1 amide bonds. The number of rotatable bonds is 17. The van der Waals surface area contributed by atoms with Crippen molar-refractivity contribution in [2.24, 2.45) is 0 Å². The fourth-order valence-corrected chi connectivity index (χ4v) is 3.05. The summed E-state index contributed by atoms with van der Waals surface area (Å²) in [7, 11) is 0. The maximum atomic E-state index is 12.7. The Morgan fingerprint density at radius 1 is 0.786 bits per heavy atom. The van der Waals surface area contributed by atoms with Crippen LogP contribution in [-0.2, 0) is 4.74 Å². The second-order valence-corrected chi connectivity index (χ2v) is 8.51. The van der Waals surface area contributed by atoms with Crippen LogP contribution in [-0.4, -0.2) is 63.8 Å². The van der Waals surface area contributed by atoms with Crippen molar-refractivity contribution in [1.82, 2.24) is 4.90 Å². The number of carbonyl (C=O) groups is 1. The minimum Gasteiger partial charge on any atom is -0.443 e. The van der Waals surface area contributed by atoms with Crippen molar-refractivity contribution in [1.29, 1.82) is 0 Å². The average Bonchev–Trinajstić information content (AvgIpc) is 2.68. The molecule has 0 saturated heterocycles. The van der Waals surface area contributed by atoms with Crippen molar-refractivity contribution < 1.29 is 24.9 Å². The van der Waals surface area contributed by atoms with Gasteiger partial charge in [0.15, 0.2) is 0 Å². The molecular weight excluding hydrogens is 358 g/mol. The van der Waals surface area contributed by atoms with Gasteiger partial charge in [0, 0.05) is 6.54 Å². The minimum absolute atomic E-state index is 0.344. The summed E-state index contributed by atoms with van der Waals surface area (Å²) in [6.45, 7) is 6.60. The molecule has 0 spiro atoms. The van der Waals surface area contributed by atoms with Crippen LogP contribution < -0.4 is 0 Å². The number of aliphatic hydroxyl groups is 3. The van der Waals surface area contributed by atoms with Gasteiger partial charge in [0.2, 0.25) is 0 Å². The van der Waals surface area contributed by atoms with Crippen LogP contribution in [0.2, 0.25) is 0 Å². The molecule has 0 aliphatic heterocycles. The molecule has 0 aromatic heterocycles. The monoisotopic (exact) mass is 403 g/mol. The van der Waals surface area contributed by atoms with E-state index in [2.05, 4.69) is 6.92 Å². The largest absolute Gasteiger partial charge is 0.443 e. The molecule has 0 heterocycles. The Bertz CT molecular complexity index is 388. The second kappa shape index (κ2) is 15.1. The predicted octanol–water partition coefficient (Wildman–Crippen LogP) is 4.25. The summed E-state index contributed by atoms with van der Waals surface area (Å²) in [5, 5.41) is 29.2. The summed E-state index contributed by atoms with van der Waals surface area (Å²) in [6, 6.07) is 0. The number of amides is 1. The summed E-state index contributed by atoms with van der Waals surface area (Å²) in [5.74, 6) is 0. The van der Waals surface area contributed by atoms with Gasteiger partial charge in [-0.15, -0.1) is 0 Å². The fourth-order valence-electron chi connectivity index (χ4n) is 3.05. The van der Waals surface area contributed by atoms with Crippen LogP contribution in [0.3, 0.4) is 0 Å². The average molecular weight is 404 g/mol. The molecule has 0 radical (unpaired) electrons. The lowest BCUT2D eigenvalue weighted by molar-refractivity contribution is -0.0638. The number of hydrogen-bond acceptors (Lipinski definition) is 5. The van der Waals surface area contributed by atoms with Gasteiger partial charge in [-0.3, -0.25) is 4.90 Å². The van der Waals surface area contributed by atoms with Crippen molar-refractivity contribution >= 4 is 6.09 Å². The molecule has 0 saturated carbocycles. The Balaban J connectivity index is 4.53. The first-order chi connectivity index (χ1) is 13.3. The van der Waals surface area contributed by atoms with Crippen molar-refractivity contribution in [3.63, 3.8) is 0 Å². The van der Waals surface area contributed by atoms with Gasteiger partial charge in [-0.05, 0) is 26.7 Å². The van der Waals surface area contributed by atoms with Crippen molar-refractivity contribution in [3.8, 4) is 0 Å². The molecule has 6 nitrogen and oxygen atoms in total. The van der Waals surface area contributed by atoms with E-state index >= 15 is 0 Å². The third-order valence-corrected chi connectivity index (χ3v) is 5.63. The highest BCUT2D eigenvalue weighted by Gasteiger charge is 2.40. The Kier molecular flexibility index (Phi) is 14.6. The van der Waals surface area contributed by atoms with Gasteiger partial charge in [0.1, 0.15) is 11.1 Å². The van der Waals surface area contributed by atoms with Gasteiger partial charge in [0.25, 0.3) is 0 Å². The summed E-state index contributed by atoms with van der Waals surface area (Å²) in [6.07, 6.45) is 11.8. The quantitative estimate of drug-likeness (QED) is 0.316. The van der Waals surface area contributed by atoms with Gasteiger partial charge < -0.3 is 20.1 Å². The highest BCUT2D eigenvalue weighted by atomic mass is 16.6. The molecule has 0 bridgehead atoms. The predicted molar refractivity (Wildman–Crippen MR) is 113 cm³/mol. The van der Waals surface area contributed by atoms with Crippen LogP contribution >= 0.6 is 0 Å². The Labute approximate surface area is 172 Å². The van der Waals surface area contributed by atoms with Crippen molar-refractivity contribution in [2.75, 3.05) is 26.4 Å². The number of nitrogens with zero attached hydrogens (tertiary/aromatic N) is 1. The minimum atomic E-state index is -1.40. The topological polar surface area (TPSA) is 90.2 Å². The highest BCUT2D eigenvalue weighted by molar-refractivity contribution is 5.69. The molecule has 0 aliphatic rings. The van der Waals surface area contributed by atoms with Gasteiger partial charge in [-0.1, -0.05) is 71.6 Å². The first kappa shape index (κ1) is 27.1. The molecule has 3 N–H and O–H groups in total. The fraction of sp³-hybridized carbons (Fsp3) is 0.955. The van der Waals surface area contributed by atoms with Crippen LogP contribution in [0.4, 0.5) is 4.79 Å². The van der Waals surface area contributed by atoms with E-state index in [4.69, 9.17) is 4.74 Å². The van der Waals surface area contributed by atoms with Crippen molar-refractivity contribution in [2.45, 2.75) is 109 Å². The molecular formula is C22H45NO5. The molecule has 168 valence electrons. The molecule has 0 aliphatic carbocycles. The van der Waals surface area contributed by atoms with Crippen LogP contribution in [0.1, 0.15) is 98.3 Å². The zero-order valence-corrected chi connectivity index (χ0v) is 18.7. The molecule has 0 rings (SSSR count). The van der Waals surface area contributed by atoms with Crippen molar-refractivity contribution in [3.05, 3.63) is 0 Å². The van der Waals surface area contributed by atoms with Crippen LogP contribution in [0.5, 0.6) is 0 Å². The lowest BCUT2D eigenvalue weighted by Crippen LogP contribution is -2.60. The number of unbranched alkanes of at least 4 members (excludes halogenated alkanes) is 9. The number of aliphatic hydroxyl groups excluding tert-OH is 3. The van der Waals surface area contributed by atoms with E-state index in [1.54, 1.807) is 0 Å².